The molecular weight excluding hydrogens is 314 g/mol. The lowest BCUT2D eigenvalue weighted by molar-refractivity contribution is -0.129. The molecule has 0 fully saturated rings. The van der Waals surface area contributed by atoms with Crippen LogP contribution in [0.3, 0.4) is 0 Å². The van der Waals surface area contributed by atoms with Gasteiger partial charge in [-0.25, -0.2) is 4.79 Å². The van der Waals surface area contributed by atoms with E-state index in [1.807, 2.05) is 60.7 Å². The Kier molecular flexibility index (Phi) is 7.01. The van der Waals surface area contributed by atoms with E-state index in [1.54, 1.807) is 14.1 Å². The summed E-state index contributed by atoms with van der Waals surface area (Å²) in [6.45, 7) is 0.541. The molecular formula is C20H25N3O2. The molecule has 5 nitrogen and oxygen atoms in total. The Morgan fingerprint density at radius 2 is 1.56 bits per heavy atom. The summed E-state index contributed by atoms with van der Waals surface area (Å²) in [5.41, 5.74) is 2.08. The minimum atomic E-state index is -0.354. The number of rotatable bonds is 7. The Labute approximate surface area is 149 Å². The van der Waals surface area contributed by atoms with E-state index >= 15 is 0 Å². The molecule has 1 atom stereocenters. The molecule has 0 saturated heterocycles. The van der Waals surface area contributed by atoms with Gasteiger partial charge in [0.2, 0.25) is 5.91 Å². The normalized spacial score (nSPS) is 11.4. The van der Waals surface area contributed by atoms with Crippen molar-refractivity contribution in [2.45, 2.75) is 18.9 Å². The van der Waals surface area contributed by atoms with Crippen LogP contribution in [0.25, 0.3) is 0 Å². The van der Waals surface area contributed by atoms with Gasteiger partial charge in [-0.05, 0) is 17.5 Å². The second kappa shape index (κ2) is 9.47. The van der Waals surface area contributed by atoms with Crippen LogP contribution in [0.4, 0.5) is 4.79 Å². The van der Waals surface area contributed by atoms with Crippen LogP contribution in [0.5, 0.6) is 0 Å². The molecule has 2 N–H and O–H groups in total. The predicted octanol–water partition coefficient (Wildman–Crippen LogP) is 2.75. The predicted molar refractivity (Wildman–Crippen MR) is 99.2 cm³/mol. The van der Waals surface area contributed by atoms with Gasteiger partial charge >= 0.3 is 6.03 Å². The molecule has 0 aromatic heterocycles. The molecule has 0 aliphatic carbocycles. The van der Waals surface area contributed by atoms with Gasteiger partial charge in [-0.15, -0.1) is 0 Å². The van der Waals surface area contributed by atoms with Crippen LogP contribution in [0.1, 0.15) is 23.6 Å². The molecule has 3 amide bonds. The van der Waals surface area contributed by atoms with Gasteiger partial charge in [-0.1, -0.05) is 60.7 Å². The molecule has 5 heteroatoms. The zero-order valence-electron chi connectivity index (χ0n) is 14.7. The topological polar surface area (TPSA) is 61.4 Å². The second-order valence-corrected chi connectivity index (χ2v) is 6.09. The lowest BCUT2D eigenvalue weighted by atomic mass is 10.0. The van der Waals surface area contributed by atoms with Crippen molar-refractivity contribution >= 4 is 11.9 Å². The van der Waals surface area contributed by atoms with Crippen LogP contribution >= 0.6 is 0 Å². The first kappa shape index (κ1) is 18.5. The maximum absolute atomic E-state index is 12.2. The summed E-state index contributed by atoms with van der Waals surface area (Å²) in [5, 5.41) is 5.77. The van der Waals surface area contributed by atoms with Crippen molar-refractivity contribution < 1.29 is 9.59 Å². The smallest absolute Gasteiger partial charge is 0.315 e. The fourth-order valence-corrected chi connectivity index (χ4v) is 2.47. The highest BCUT2D eigenvalue weighted by atomic mass is 16.2. The molecule has 0 aliphatic rings. The average molecular weight is 339 g/mol. The third-order valence-corrected chi connectivity index (χ3v) is 3.93. The monoisotopic (exact) mass is 339 g/mol. The Hall–Kier alpha value is -2.82. The van der Waals surface area contributed by atoms with E-state index in [1.165, 1.54) is 10.5 Å². The van der Waals surface area contributed by atoms with Crippen LogP contribution in [0.15, 0.2) is 60.7 Å². The summed E-state index contributed by atoms with van der Waals surface area (Å²) in [5.74, 6) is -0.0292. The van der Waals surface area contributed by atoms with Gasteiger partial charge in [0.05, 0.1) is 12.5 Å². The van der Waals surface area contributed by atoms with E-state index in [2.05, 4.69) is 10.6 Å². The summed E-state index contributed by atoms with van der Waals surface area (Å²) in [4.78, 5) is 25.8. The van der Waals surface area contributed by atoms with Crippen molar-refractivity contribution in [3.05, 3.63) is 71.8 Å². The molecule has 2 aromatic rings. The molecule has 0 heterocycles. The van der Waals surface area contributed by atoms with Crippen molar-refractivity contribution in [2.24, 2.45) is 0 Å². The molecule has 2 aromatic carbocycles. The maximum atomic E-state index is 12.2. The fourth-order valence-electron chi connectivity index (χ4n) is 2.47. The number of nitrogens with zero attached hydrogens (tertiary/aromatic N) is 1. The van der Waals surface area contributed by atoms with Crippen LogP contribution < -0.4 is 10.6 Å². The van der Waals surface area contributed by atoms with Gasteiger partial charge in [-0.3, -0.25) is 4.79 Å². The van der Waals surface area contributed by atoms with E-state index < -0.39 is 0 Å². The molecule has 0 unspecified atom stereocenters. The van der Waals surface area contributed by atoms with Crippen molar-refractivity contribution in [2.75, 3.05) is 20.6 Å². The lowest BCUT2D eigenvalue weighted by Crippen LogP contribution is -2.40. The third-order valence-electron chi connectivity index (χ3n) is 3.93. The minimum absolute atomic E-state index is 0.0292. The van der Waals surface area contributed by atoms with Gasteiger partial charge < -0.3 is 15.5 Å². The molecule has 0 saturated carbocycles. The zero-order valence-corrected chi connectivity index (χ0v) is 14.7. The minimum Gasteiger partial charge on any atom is -0.349 e. The molecule has 0 spiro atoms. The summed E-state index contributed by atoms with van der Waals surface area (Å²) in [7, 11) is 3.43. The van der Waals surface area contributed by atoms with E-state index in [0.29, 0.717) is 6.54 Å². The van der Waals surface area contributed by atoms with E-state index in [0.717, 1.165) is 12.0 Å². The number of benzene rings is 2. The van der Waals surface area contributed by atoms with Gasteiger partial charge in [0, 0.05) is 20.6 Å². The van der Waals surface area contributed by atoms with Crippen molar-refractivity contribution in [3.63, 3.8) is 0 Å². The first-order chi connectivity index (χ1) is 12.1. The number of hydrogen-bond acceptors (Lipinski definition) is 2. The summed E-state index contributed by atoms with van der Waals surface area (Å²) < 4.78 is 0. The molecule has 0 radical (unpaired) electrons. The Morgan fingerprint density at radius 3 is 2.16 bits per heavy atom. The standard InChI is InChI=1S/C20H25N3O2/c1-23(2)19(24)15-18(17-11-7-4-8-12-17)22-20(25)21-14-13-16-9-5-3-6-10-16/h3-12,18H,13-15H2,1-2H3,(H2,21,22,25)/t18-/m0/s1. The van der Waals surface area contributed by atoms with Gasteiger partial charge in [0.1, 0.15) is 0 Å². The van der Waals surface area contributed by atoms with E-state index in [-0.39, 0.29) is 24.4 Å². The summed E-state index contributed by atoms with van der Waals surface area (Å²) in [6, 6.07) is 18.9. The van der Waals surface area contributed by atoms with Crippen molar-refractivity contribution in [3.8, 4) is 0 Å². The van der Waals surface area contributed by atoms with Gasteiger partial charge in [-0.2, -0.15) is 0 Å². The summed E-state index contributed by atoms with van der Waals surface area (Å²) >= 11 is 0. The zero-order chi connectivity index (χ0) is 18.1. The SMILES string of the molecule is CN(C)C(=O)C[C@H](NC(=O)NCCc1ccccc1)c1ccccc1. The highest BCUT2D eigenvalue weighted by Gasteiger charge is 2.19. The van der Waals surface area contributed by atoms with Crippen molar-refractivity contribution in [1.29, 1.82) is 0 Å². The quantitative estimate of drug-likeness (QED) is 0.815. The highest BCUT2D eigenvalue weighted by Crippen LogP contribution is 2.17. The van der Waals surface area contributed by atoms with Gasteiger partial charge in [0.15, 0.2) is 0 Å². The van der Waals surface area contributed by atoms with Crippen LogP contribution in [0, 0.1) is 0 Å². The molecule has 2 rings (SSSR count). The Bertz CT molecular complexity index is 672. The maximum Gasteiger partial charge on any atom is 0.315 e. The molecule has 25 heavy (non-hydrogen) atoms. The molecule has 0 bridgehead atoms. The first-order valence-electron chi connectivity index (χ1n) is 8.39. The Balaban J connectivity index is 1.91. The second-order valence-electron chi connectivity index (χ2n) is 6.09. The first-order valence-corrected chi connectivity index (χ1v) is 8.39. The van der Waals surface area contributed by atoms with E-state index in [4.69, 9.17) is 0 Å². The number of nitrogens with one attached hydrogen (secondary N) is 2. The number of carbonyl (C=O) groups is 2. The molecule has 132 valence electrons. The third kappa shape index (κ3) is 6.30. The highest BCUT2D eigenvalue weighted by molar-refractivity contribution is 5.79. The van der Waals surface area contributed by atoms with Crippen LogP contribution in [-0.2, 0) is 11.2 Å². The number of carbonyl (C=O) groups excluding carboxylic acids is 2. The van der Waals surface area contributed by atoms with Crippen LogP contribution in [-0.4, -0.2) is 37.5 Å². The largest absolute Gasteiger partial charge is 0.349 e. The fraction of sp³-hybridized carbons (Fsp3) is 0.300. The lowest BCUT2D eigenvalue weighted by Gasteiger charge is -2.21. The number of hydrogen-bond donors (Lipinski definition) is 2. The Morgan fingerprint density at radius 1 is 0.960 bits per heavy atom. The number of urea groups is 1. The van der Waals surface area contributed by atoms with Crippen molar-refractivity contribution in [1.82, 2.24) is 15.5 Å². The number of amides is 3. The van der Waals surface area contributed by atoms with Gasteiger partial charge in [0.25, 0.3) is 0 Å². The molecule has 0 aliphatic heterocycles. The van der Waals surface area contributed by atoms with E-state index in [9.17, 15) is 9.59 Å². The summed E-state index contributed by atoms with van der Waals surface area (Å²) in [6.07, 6.45) is 0.990. The van der Waals surface area contributed by atoms with Crippen LogP contribution in [0.2, 0.25) is 0 Å². The average Bonchev–Trinajstić information content (AvgIpc) is 2.62.